The van der Waals surface area contributed by atoms with Crippen molar-refractivity contribution in [2.45, 2.75) is 84.7 Å². The van der Waals surface area contributed by atoms with Crippen molar-refractivity contribution < 1.29 is 0 Å². The number of nitrogens with zero attached hydrogens (tertiary/aromatic N) is 1. The maximum atomic E-state index is 3.94. The van der Waals surface area contributed by atoms with Gasteiger partial charge >= 0.3 is 0 Å². The molecule has 4 unspecified atom stereocenters. The van der Waals surface area contributed by atoms with Crippen LogP contribution in [0.1, 0.15) is 72.6 Å². The lowest BCUT2D eigenvalue weighted by molar-refractivity contribution is 0.118. The Hall–Kier alpha value is -0.0800. The van der Waals surface area contributed by atoms with E-state index in [1.54, 1.807) is 0 Å². The molecule has 0 amide bonds. The summed E-state index contributed by atoms with van der Waals surface area (Å²) in [7, 11) is 0. The van der Waals surface area contributed by atoms with Crippen molar-refractivity contribution in [1.82, 2.24) is 10.2 Å². The normalized spacial score (nSPS) is 42.6. The highest BCUT2D eigenvalue weighted by Crippen LogP contribution is 2.65. The average molecular weight is 293 g/mol. The largest absolute Gasteiger partial charge is 0.313 e. The van der Waals surface area contributed by atoms with Gasteiger partial charge in [0.25, 0.3) is 0 Å². The number of hydrogen-bond donors (Lipinski definition) is 1. The Bertz CT molecular complexity index is 365. The number of nitrogens with one attached hydrogen (secondary N) is 1. The summed E-state index contributed by atoms with van der Waals surface area (Å²) in [6, 6.07) is 1.59. The van der Waals surface area contributed by atoms with Crippen LogP contribution >= 0.6 is 0 Å². The van der Waals surface area contributed by atoms with Crippen molar-refractivity contribution in [2.75, 3.05) is 19.6 Å². The third kappa shape index (κ3) is 2.67. The minimum atomic E-state index is 0.538. The summed E-state index contributed by atoms with van der Waals surface area (Å²) in [4.78, 5) is 2.71. The predicted octanol–water partition coefficient (Wildman–Crippen LogP) is 4.06. The second-order valence-corrected chi connectivity index (χ2v) is 8.85. The van der Waals surface area contributed by atoms with Gasteiger partial charge in [0.1, 0.15) is 0 Å². The lowest BCUT2D eigenvalue weighted by Crippen LogP contribution is -2.45. The summed E-state index contributed by atoms with van der Waals surface area (Å²) in [6.45, 7) is 13.8. The molecule has 3 aliphatic rings. The topological polar surface area (TPSA) is 15.3 Å². The fourth-order valence-electron chi connectivity index (χ4n) is 5.56. The van der Waals surface area contributed by atoms with Crippen molar-refractivity contribution in [3.63, 3.8) is 0 Å². The van der Waals surface area contributed by atoms with E-state index >= 15 is 0 Å². The summed E-state index contributed by atoms with van der Waals surface area (Å²) >= 11 is 0. The van der Waals surface area contributed by atoms with Crippen molar-refractivity contribution in [3.05, 3.63) is 0 Å². The molecule has 0 aromatic rings. The lowest BCUT2D eigenvalue weighted by atomic mass is 9.69. The number of likely N-dealkylation sites (tertiary alicyclic amines) is 1. The van der Waals surface area contributed by atoms with E-state index in [4.69, 9.17) is 0 Å². The molecule has 2 saturated carbocycles. The minimum absolute atomic E-state index is 0.538. The van der Waals surface area contributed by atoms with Gasteiger partial charge in [-0.15, -0.1) is 0 Å². The molecule has 21 heavy (non-hydrogen) atoms. The van der Waals surface area contributed by atoms with Gasteiger partial charge in [0.05, 0.1) is 0 Å². The molecule has 1 N–H and O–H groups in total. The van der Waals surface area contributed by atoms with Crippen LogP contribution in [0.2, 0.25) is 0 Å². The van der Waals surface area contributed by atoms with Gasteiger partial charge < -0.3 is 10.2 Å². The first kappa shape index (κ1) is 15.8. The highest BCUT2D eigenvalue weighted by molar-refractivity contribution is 5.12. The number of rotatable bonds is 5. The summed E-state index contributed by atoms with van der Waals surface area (Å²) in [5.41, 5.74) is 1.09. The van der Waals surface area contributed by atoms with E-state index in [-0.39, 0.29) is 0 Å². The molecule has 2 bridgehead atoms. The van der Waals surface area contributed by atoms with Crippen LogP contribution in [0.4, 0.5) is 0 Å². The Labute approximate surface area is 132 Å². The lowest BCUT2D eigenvalue weighted by Gasteiger charge is -2.40. The van der Waals surface area contributed by atoms with E-state index in [2.05, 4.69) is 37.9 Å². The summed E-state index contributed by atoms with van der Waals surface area (Å²) in [5.74, 6) is 0.960. The molecule has 3 rings (SSSR count). The number of hydrogen-bond acceptors (Lipinski definition) is 2. The summed E-state index contributed by atoms with van der Waals surface area (Å²) < 4.78 is 0. The van der Waals surface area contributed by atoms with Crippen LogP contribution in [0.25, 0.3) is 0 Å². The molecule has 0 spiro atoms. The van der Waals surface area contributed by atoms with Crippen LogP contribution in [0.3, 0.4) is 0 Å². The smallest absolute Gasteiger partial charge is 0.0129 e. The van der Waals surface area contributed by atoms with Gasteiger partial charge in [0, 0.05) is 12.1 Å². The molecule has 2 nitrogen and oxygen atoms in total. The van der Waals surface area contributed by atoms with Gasteiger partial charge in [-0.3, -0.25) is 0 Å². The van der Waals surface area contributed by atoms with E-state index in [1.807, 2.05) is 0 Å². The molecule has 122 valence electrons. The fourth-order valence-corrected chi connectivity index (χ4v) is 5.56. The number of fused-ring (bicyclic) bond motifs is 2. The first-order valence-corrected chi connectivity index (χ1v) is 9.42. The van der Waals surface area contributed by atoms with Crippen LogP contribution in [-0.4, -0.2) is 36.6 Å². The highest BCUT2D eigenvalue weighted by atomic mass is 15.2. The Balaban J connectivity index is 1.42. The Kier molecular flexibility index (Phi) is 4.40. The van der Waals surface area contributed by atoms with E-state index in [0.29, 0.717) is 10.8 Å². The zero-order valence-corrected chi connectivity index (χ0v) is 14.8. The minimum Gasteiger partial charge on any atom is -0.313 e. The van der Waals surface area contributed by atoms with E-state index in [0.717, 1.165) is 18.0 Å². The van der Waals surface area contributed by atoms with Crippen molar-refractivity contribution in [2.24, 2.45) is 16.7 Å². The van der Waals surface area contributed by atoms with E-state index < -0.39 is 0 Å². The molecular weight excluding hydrogens is 256 g/mol. The first-order chi connectivity index (χ1) is 9.95. The van der Waals surface area contributed by atoms with Gasteiger partial charge in [-0.25, -0.2) is 0 Å². The zero-order valence-electron chi connectivity index (χ0n) is 14.8. The molecule has 0 aromatic carbocycles. The molecule has 3 fully saturated rings. The second kappa shape index (κ2) is 5.85. The van der Waals surface area contributed by atoms with Gasteiger partial charge in [-0.2, -0.15) is 0 Å². The molecule has 1 heterocycles. The molecule has 2 aliphatic carbocycles. The van der Waals surface area contributed by atoms with Gasteiger partial charge in [-0.1, -0.05) is 27.2 Å². The summed E-state index contributed by atoms with van der Waals surface area (Å²) in [5, 5.41) is 3.94. The van der Waals surface area contributed by atoms with Crippen molar-refractivity contribution in [3.8, 4) is 0 Å². The molecule has 2 heteroatoms. The molecule has 0 aromatic heterocycles. The average Bonchev–Trinajstić information content (AvgIpc) is 2.78. The maximum Gasteiger partial charge on any atom is 0.0129 e. The Morgan fingerprint density at radius 1 is 1.14 bits per heavy atom. The highest BCUT2D eigenvalue weighted by Gasteiger charge is 2.60. The van der Waals surface area contributed by atoms with E-state index in [9.17, 15) is 0 Å². The van der Waals surface area contributed by atoms with Gasteiger partial charge in [-0.05, 0) is 81.8 Å². The van der Waals surface area contributed by atoms with Gasteiger partial charge in [0.2, 0.25) is 0 Å². The Morgan fingerprint density at radius 2 is 1.95 bits per heavy atom. The number of piperidine rings is 1. The van der Waals surface area contributed by atoms with Crippen LogP contribution in [0.15, 0.2) is 0 Å². The van der Waals surface area contributed by atoms with Crippen LogP contribution in [0, 0.1) is 16.7 Å². The van der Waals surface area contributed by atoms with Crippen molar-refractivity contribution >= 4 is 0 Å². The molecule has 1 aliphatic heterocycles. The van der Waals surface area contributed by atoms with E-state index in [1.165, 1.54) is 64.6 Å². The standard InChI is InChI=1S/C19H36N2/c1-15-8-5-6-12-21(15)13-7-11-20-17-14-16-9-10-19(17,4)18(16,2)3/h15-17,20H,5-14H2,1-4H3. The maximum absolute atomic E-state index is 3.94. The first-order valence-electron chi connectivity index (χ1n) is 9.42. The van der Waals surface area contributed by atoms with Crippen LogP contribution in [0.5, 0.6) is 0 Å². The second-order valence-electron chi connectivity index (χ2n) is 8.85. The van der Waals surface area contributed by atoms with Crippen LogP contribution < -0.4 is 5.32 Å². The third-order valence-corrected chi connectivity index (χ3v) is 7.75. The molecule has 1 saturated heterocycles. The molecule has 0 radical (unpaired) electrons. The monoisotopic (exact) mass is 292 g/mol. The quantitative estimate of drug-likeness (QED) is 0.769. The van der Waals surface area contributed by atoms with Gasteiger partial charge in [0.15, 0.2) is 0 Å². The third-order valence-electron chi connectivity index (χ3n) is 7.75. The Morgan fingerprint density at radius 3 is 2.57 bits per heavy atom. The fraction of sp³-hybridized carbons (Fsp3) is 1.00. The predicted molar refractivity (Wildman–Crippen MR) is 90.5 cm³/mol. The molecule has 4 atom stereocenters. The molecular formula is C19H36N2. The zero-order chi connectivity index (χ0) is 15.1. The van der Waals surface area contributed by atoms with Crippen LogP contribution in [-0.2, 0) is 0 Å². The van der Waals surface area contributed by atoms with Crippen molar-refractivity contribution in [1.29, 1.82) is 0 Å². The summed E-state index contributed by atoms with van der Waals surface area (Å²) in [6.07, 6.45) is 9.90. The SMILES string of the molecule is CC1CCCCN1CCCNC1CC2CCC1(C)C2(C)C.